The highest BCUT2D eigenvalue weighted by atomic mass is 16.4. The SMILES string of the molecule is Cn1c(=O)oc2ccc(C(=O)NCCCc3ccccc3)cc21. The van der Waals surface area contributed by atoms with Crippen molar-refractivity contribution in [2.45, 2.75) is 12.8 Å². The highest BCUT2D eigenvalue weighted by Gasteiger charge is 2.10. The third-order valence-electron chi connectivity index (χ3n) is 3.82. The Morgan fingerprint density at radius 1 is 1.17 bits per heavy atom. The van der Waals surface area contributed by atoms with E-state index in [1.165, 1.54) is 10.1 Å². The molecule has 0 atom stereocenters. The normalized spacial score (nSPS) is 10.8. The first-order valence-electron chi connectivity index (χ1n) is 7.57. The summed E-state index contributed by atoms with van der Waals surface area (Å²) in [5.74, 6) is -0.575. The maximum absolute atomic E-state index is 12.2. The summed E-state index contributed by atoms with van der Waals surface area (Å²) in [6.45, 7) is 0.607. The van der Waals surface area contributed by atoms with Gasteiger partial charge in [-0.15, -0.1) is 0 Å². The molecule has 0 aliphatic rings. The second kappa shape index (κ2) is 6.52. The lowest BCUT2D eigenvalue weighted by Gasteiger charge is -2.06. The molecule has 0 aliphatic carbocycles. The zero-order chi connectivity index (χ0) is 16.2. The van der Waals surface area contributed by atoms with E-state index in [1.54, 1.807) is 25.2 Å². The predicted octanol–water partition coefficient (Wildman–Crippen LogP) is 2.49. The van der Waals surface area contributed by atoms with Gasteiger partial charge >= 0.3 is 5.76 Å². The van der Waals surface area contributed by atoms with Crippen LogP contribution < -0.4 is 11.1 Å². The van der Waals surface area contributed by atoms with Gasteiger partial charge in [-0.2, -0.15) is 0 Å². The molecule has 118 valence electrons. The van der Waals surface area contributed by atoms with Gasteiger partial charge in [-0.05, 0) is 36.6 Å². The summed E-state index contributed by atoms with van der Waals surface area (Å²) in [6.07, 6.45) is 1.80. The number of carbonyl (C=O) groups is 1. The monoisotopic (exact) mass is 310 g/mol. The summed E-state index contributed by atoms with van der Waals surface area (Å²) >= 11 is 0. The summed E-state index contributed by atoms with van der Waals surface area (Å²) in [5, 5.41) is 2.90. The van der Waals surface area contributed by atoms with Gasteiger partial charge < -0.3 is 9.73 Å². The number of nitrogens with zero attached hydrogens (tertiary/aromatic N) is 1. The molecule has 0 fully saturated rings. The fraction of sp³-hybridized carbons (Fsp3) is 0.222. The van der Waals surface area contributed by atoms with Crippen LogP contribution in [0.3, 0.4) is 0 Å². The molecular formula is C18H18N2O3. The van der Waals surface area contributed by atoms with Crippen molar-refractivity contribution >= 4 is 17.0 Å². The Morgan fingerprint density at radius 2 is 1.96 bits per heavy atom. The van der Waals surface area contributed by atoms with Crippen LogP contribution in [0.1, 0.15) is 22.3 Å². The molecule has 23 heavy (non-hydrogen) atoms. The molecule has 3 rings (SSSR count). The van der Waals surface area contributed by atoms with Gasteiger partial charge in [0.1, 0.15) is 0 Å². The summed E-state index contributed by atoms with van der Waals surface area (Å²) in [4.78, 5) is 23.6. The molecule has 0 saturated heterocycles. The number of rotatable bonds is 5. The lowest BCUT2D eigenvalue weighted by atomic mass is 10.1. The number of hydrogen-bond acceptors (Lipinski definition) is 3. The topological polar surface area (TPSA) is 64.2 Å². The molecule has 5 heteroatoms. The maximum atomic E-state index is 12.2. The van der Waals surface area contributed by atoms with Gasteiger partial charge in [0.2, 0.25) is 0 Å². The third-order valence-corrected chi connectivity index (χ3v) is 3.82. The molecule has 3 aromatic rings. The van der Waals surface area contributed by atoms with Gasteiger partial charge in [0.05, 0.1) is 5.52 Å². The van der Waals surface area contributed by atoms with Crippen LogP contribution >= 0.6 is 0 Å². The van der Waals surface area contributed by atoms with E-state index in [-0.39, 0.29) is 5.91 Å². The molecule has 1 N–H and O–H groups in total. The van der Waals surface area contributed by atoms with Gasteiger partial charge in [-0.1, -0.05) is 30.3 Å². The standard InChI is InChI=1S/C18H18N2O3/c1-20-15-12-14(9-10-16(15)23-18(20)22)17(21)19-11-5-8-13-6-3-2-4-7-13/h2-4,6-7,9-10,12H,5,8,11H2,1H3,(H,19,21). The Bertz CT molecular complexity index is 878. The van der Waals surface area contributed by atoms with E-state index in [1.807, 2.05) is 18.2 Å². The molecule has 0 bridgehead atoms. The number of benzene rings is 2. The fourth-order valence-electron chi connectivity index (χ4n) is 2.51. The number of hydrogen-bond donors (Lipinski definition) is 1. The van der Waals surface area contributed by atoms with E-state index in [4.69, 9.17) is 4.42 Å². The van der Waals surface area contributed by atoms with E-state index in [9.17, 15) is 9.59 Å². The first-order valence-corrected chi connectivity index (χ1v) is 7.57. The Morgan fingerprint density at radius 3 is 2.74 bits per heavy atom. The van der Waals surface area contributed by atoms with Crippen molar-refractivity contribution in [2.24, 2.45) is 7.05 Å². The quantitative estimate of drug-likeness (QED) is 0.736. The highest BCUT2D eigenvalue weighted by Crippen LogP contribution is 2.14. The molecule has 0 spiro atoms. The van der Waals surface area contributed by atoms with Crippen LogP contribution in [0.4, 0.5) is 0 Å². The molecule has 0 aliphatic heterocycles. The fourth-order valence-corrected chi connectivity index (χ4v) is 2.51. The second-order valence-electron chi connectivity index (χ2n) is 5.45. The van der Waals surface area contributed by atoms with E-state index in [0.29, 0.717) is 23.2 Å². The number of aromatic nitrogens is 1. The number of aryl methyl sites for hydroxylation is 2. The molecular weight excluding hydrogens is 292 g/mol. The summed E-state index contributed by atoms with van der Waals surface area (Å²) in [5.41, 5.74) is 2.88. The summed E-state index contributed by atoms with van der Waals surface area (Å²) in [7, 11) is 1.62. The molecule has 2 aromatic carbocycles. The molecule has 1 amide bonds. The number of oxazole rings is 1. The zero-order valence-electron chi connectivity index (χ0n) is 12.9. The molecule has 1 aromatic heterocycles. The Balaban J connectivity index is 1.60. The summed E-state index contributed by atoms with van der Waals surface area (Å²) < 4.78 is 6.45. The number of amides is 1. The molecule has 0 unspecified atom stereocenters. The van der Waals surface area contributed by atoms with Crippen LogP contribution in [0.2, 0.25) is 0 Å². The van der Waals surface area contributed by atoms with Gasteiger partial charge in [0.25, 0.3) is 5.91 Å². The third kappa shape index (κ3) is 3.34. The van der Waals surface area contributed by atoms with Crippen LogP contribution in [0.25, 0.3) is 11.1 Å². The minimum Gasteiger partial charge on any atom is -0.408 e. The van der Waals surface area contributed by atoms with E-state index in [0.717, 1.165) is 12.8 Å². The first-order chi connectivity index (χ1) is 11.1. The number of nitrogens with one attached hydrogen (secondary N) is 1. The van der Waals surface area contributed by atoms with Crippen molar-refractivity contribution in [3.63, 3.8) is 0 Å². The van der Waals surface area contributed by atoms with Crippen LogP contribution in [-0.2, 0) is 13.5 Å². The van der Waals surface area contributed by atoms with Crippen LogP contribution in [0.5, 0.6) is 0 Å². The van der Waals surface area contributed by atoms with Crippen molar-refractivity contribution < 1.29 is 9.21 Å². The second-order valence-corrected chi connectivity index (χ2v) is 5.45. The van der Waals surface area contributed by atoms with Gasteiger partial charge in [-0.25, -0.2) is 4.79 Å². The van der Waals surface area contributed by atoms with Gasteiger partial charge in [0.15, 0.2) is 5.58 Å². The molecule has 0 radical (unpaired) electrons. The van der Waals surface area contributed by atoms with Crippen molar-refractivity contribution in [2.75, 3.05) is 6.54 Å². The number of fused-ring (bicyclic) bond motifs is 1. The first kappa shape index (κ1) is 15.1. The smallest absolute Gasteiger partial charge is 0.408 e. The van der Waals surface area contributed by atoms with Gasteiger partial charge in [0, 0.05) is 19.2 Å². The average Bonchev–Trinajstić information content (AvgIpc) is 2.86. The summed E-state index contributed by atoms with van der Waals surface area (Å²) in [6, 6.07) is 15.2. The molecule has 1 heterocycles. The number of carbonyl (C=O) groups excluding carboxylic acids is 1. The van der Waals surface area contributed by atoms with E-state index in [2.05, 4.69) is 17.4 Å². The lowest BCUT2D eigenvalue weighted by Crippen LogP contribution is -2.24. The highest BCUT2D eigenvalue weighted by molar-refractivity contribution is 5.97. The van der Waals surface area contributed by atoms with Crippen LogP contribution in [0.15, 0.2) is 57.7 Å². The Hall–Kier alpha value is -2.82. The van der Waals surface area contributed by atoms with Crippen molar-refractivity contribution in [3.05, 3.63) is 70.2 Å². The minimum absolute atomic E-state index is 0.145. The minimum atomic E-state index is -0.430. The van der Waals surface area contributed by atoms with E-state index >= 15 is 0 Å². The largest absolute Gasteiger partial charge is 0.419 e. The lowest BCUT2D eigenvalue weighted by molar-refractivity contribution is 0.0953. The average molecular weight is 310 g/mol. The predicted molar refractivity (Wildman–Crippen MR) is 88.6 cm³/mol. The van der Waals surface area contributed by atoms with Crippen molar-refractivity contribution in [1.29, 1.82) is 0 Å². The van der Waals surface area contributed by atoms with Crippen LogP contribution in [0, 0.1) is 0 Å². The molecule has 0 saturated carbocycles. The van der Waals surface area contributed by atoms with Gasteiger partial charge in [-0.3, -0.25) is 9.36 Å². The zero-order valence-corrected chi connectivity index (χ0v) is 12.9. The van der Waals surface area contributed by atoms with Crippen LogP contribution in [-0.4, -0.2) is 17.0 Å². The maximum Gasteiger partial charge on any atom is 0.419 e. The Kier molecular flexibility index (Phi) is 4.28. The molecule has 5 nitrogen and oxygen atoms in total. The van der Waals surface area contributed by atoms with Crippen molar-refractivity contribution in [1.82, 2.24) is 9.88 Å². The van der Waals surface area contributed by atoms with Crippen molar-refractivity contribution in [3.8, 4) is 0 Å². The van der Waals surface area contributed by atoms with E-state index < -0.39 is 5.76 Å². The Labute approximate surface area is 133 Å².